The fraction of sp³-hybridized carbons (Fsp3) is 0.167. The number of nitrogens with zero attached hydrogens (tertiary/aromatic N) is 3. The Morgan fingerprint density at radius 2 is 1.96 bits per heavy atom. The van der Waals surface area contributed by atoms with Gasteiger partial charge in [0.15, 0.2) is 11.5 Å². The fourth-order valence-corrected chi connectivity index (χ4v) is 2.72. The third-order valence-electron chi connectivity index (χ3n) is 3.97. The van der Waals surface area contributed by atoms with Gasteiger partial charge in [0.1, 0.15) is 5.56 Å². The Hall–Kier alpha value is -3.75. The van der Waals surface area contributed by atoms with Crippen molar-refractivity contribution >= 4 is 11.5 Å². The van der Waals surface area contributed by atoms with Crippen molar-refractivity contribution in [3.8, 4) is 22.9 Å². The first kappa shape index (κ1) is 18.1. The molecular weight excluding hydrogens is 354 g/mol. The van der Waals surface area contributed by atoms with E-state index in [4.69, 9.17) is 4.52 Å². The number of aryl methyl sites for hydroxylation is 2. The zero-order valence-corrected chi connectivity index (χ0v) is 14.2. The number of carbonyl (C=O) groups is 1. The molecule has 2 aromatic carbocycles. The number of rotatable bonds is 6. The maximum absolute atomic E-state index is 12.8. The summed E-state index contributed by atoms with van der Waals surface area (Å²) in [7, 11) is 0. The van der Waals surface area contributed by atoms with Gasteiger partial charge in [-0.05, 0) is 18.1 Å². The number of carbonyl (C=O) groups excluding carboxylic acids is 1. The van der Waals surface area contributed by atoms with E-state index in [1.165, 1.54) is 6.92 Å². The highest BCUT2D eigenvalue weighted by atomic mass is 16.6. The maximum atomic E-state index is 12.8. The van der Waals surface area contributed by atoms with Crippen LogP contribution in [-0.4, -0.2) is 31.1 Å². The van der Waals surface area contributed by atoms with Gasteiger partial charge < -0.3 is 14.7 Å². The molecule has 0 aliphatic rings. The molecule has 0 aliphatic carbocycles. The number of phenols is 2. The second-order valence-corrected chi connectivity index (χ2v) is 5.82. The number of benzene rings is 2. The Bertz CT molecular complexity index is 1010. The van der Waals surface area contributed by atoms with E-state index < -0.39 is 27.9 Å². The molecule has 3 aromatic rings. The summed E-state index contributed by atoms with van der Waals surface area (Å²) in [5.41, 5.74) is -0.446. The molecule has 1 aromatic heterocycles. The SMILES string of the molecule is Cc1nc(-c2cc(O)c(O)c([N+](=O)[O-])c2C(=O)CCc2ccccc2)no1. The average molecular weight is 369 g/mol. The van der Waals surface area contributed by atoms with Gasteiger partial charge in [0.25, 0.3) is 0 Å². The minimum atomic E-state index is -0.980. The molecule has 1 heterocycles. The lowest BCUT2D eigenvalue weighted by Gasteiger charge is -2.10. The van der Waals surface area contributed by atoms with E-state index in [0.717, 1.165) is 11.6 Å². The minimum absolute atomic E-state index is 0.0428. The van der Waals surface area contributed by atoms with Gasteiger partial charge in [-0.25, -0.2) is 0 Å². The number of ketones is 1. The molecule has 0 aliphatic heterocycles. The van der Waals surface area contributed by atoms with Crippen LogP contribution in [0.3, 0.4) is 0 Å². The number of aromatic hydroxyl groups is 2. The largest absolute Gasteiger partial charge is 0.504 e. The molecule has 3 rings (SSSR count). The minimum Gasteiger partial charge on any atom is -0.504 e. The predicted molar refractivity (Wildman–Crippen MR) is 93.5 cm³/mol. The van der Waals surface area contributed by atoms with Gasteiger partial charge in [0.2, 0.25) is 17.5 Å². The second-order valence-electron chi connectivity index (χ2n) is 5.82. The van der Waals surface area contributed by atoms with Crippen LogP contribution in [0.2, 0.25) is 0 Å². The molecule has 9 heteroatoms. The van der Waals surface area contributed by atoms with E-state index in [9.17, 15) is 25.1 Å². The van der Waals surface area contributed by atoms with Crippen LogP contribution in [0.5, 0.6) is 11.5 Å². The van der Waals surface area contributed by atoms with Crippen LogP contribution in [0.25, 0.3) is 11.4 Å². The number of Topliss-reactive ketones (excluding diaryl/α,β-unsaturated/α-hetero) is 1. The topological polar surface area (TPSA) is 140 Å². The van der Waals surface area contributed by atoms with Crippen LogP contribution >= 0.6 is 0 Å². The highest BCUT2D eigenvalue weighted by Crippen LogP contribution is 2.43. The summed E-state index contributed by atoms with van der Waals surface area (Å²) in [6.07, 6.45) is 0.308. The molecule has 0 fully saturated rings. The Labute approximate surface area is 153 Å². The quantitative estimate of drug-likeness (QED) is 0.292. The van der Waals surface area contributed by atoms with Crippen LogP contribution in [0, 0.1) is 17.0 Å². The van der Waals surface area contributed by atoms with E-state index >= 15 is 0 Å². The average Bonchev–Trinajstić information content (AvgIpc) is 3.08. The predicted octanol–water partition coefficient (Wildman–Crippen LogP) is 3.18. The first-order valence-electron chi connectivity index (χ1n) is 7.99. The van der Waals surface area contributed by atoms with Crippen LogP contribution in [0.4, 0.5) is 5.69 Å². The summed E-state index contributed by atoms with van der Waals surface area (Å²) in [5, 5.41) is 35.0. The normalized spacial score (nSPS) is 10.7. The van der Waals surface area contributed by atoms with E-state index in [1.54, 1.807) is 0 Å². The first-order chi connectivity index (χ1) is 12.9. The van der Waals surface area contributed by atoms with E-state index in [2.05, 4.69) is 10.1 Å². The van der Waals surface area contributed by atoms with Gasteiger partial charge >= 0.3 is 5.69 Å². The molecule has 2 N–H and O–H groups in total. The van der Waals surface area contributed by atoms with Crippen LogP contribution in [0.1, 0.15) is 28.2 Å². The van der Waals surface area contributed by atoms with Gasteiger partial charge in [-0.1, -0.05) is 35.5 Å². The third kappa shape index (κ3) is 3.61. The van der Waals surface area contributed by atoms with Gasteiger partial charge in [-0.3, -0.25) is 14.9 Å². The number of aromatic nitrogens is 2. The van der Waals surface area contributed by atoms with Crippen molar-refractivity contribution in [1.82, 2.24) is 10.1 Å². The number of hydrogen-bond acceptors (Lipinski definition) is 8. The van der Waals surface area contributed by atoms with Crippen molar-refractivity contribution in [2.45, 2.75) is 19.8 Å². The smallest absolute Gasteiger partial charge is 0.326 e. The number of nitro benzene ring substituents is 1. The number of hydrogen-bond donors (Lipinski definition) is 2. The fourth-order valence-electron chi connectivity index (χ4n) is 2.72. The Balaban J connectivity index is 2.09. The molecule has 0 saturated carbocycles. The van der Waals surface area contributed by atoms with Gasteiger partial charge in [-0.2, -0.15) is 4.98 Å². The lowest BCUT2D eigenvalue weighted by atomic mass is 9.95. The van der Waals surface area contributed by atoms with Crippen molar-refractivity contribution in [3.05, 3.63) is 63.5 Å². The molecule has 0 spiro atoms. The molecule has 9 nitrogen and oxygen atoms in total. The highest BCUT2D eigenvalue weighted by Gasteiger charge is 2.33. The highest BCUT2D eigenvalue weighted by molar-refractivity contribution is 6.07. The third-order valence-corrected chi connectivity index (χ3v) is 3.97. The lowest BCUT2D eigenvalue weighted by Crippen LogP contribution is -2.08. The van der Waals surface area contributed by atoms with Crippen LogP contribution in [-0.2, 0) is 6.42 Å². The number of phenolic OH excluding ortho intramolecular Hbond substituents is 2. The summed E-state index contributed by atoms with van der Waals surface area (Å²) < 4.78 is 4.87. The summed E-state index contributed by atoms with van der Waals surface area (Å²) in [6.45, 7) is 1.52. The Morgan fingerprint density at radius 3 is 2.56 bits per heavy atom. The van der Waals surface area contributed by atoms with Crippen molar-refractivity contribution in [1.29, 1.82) is 0 Å². The van der Waals surface area contributed by atoms with Crippen LogP contribution in [0.15, 0.2) is 40.9 Å². The van der Waals surface area contributed by atoms with Gasteiger partial charge in [-0.15, -0.1) is 0 Å². The monoisotopic (exact) mass is 369 g/mol. The molecule has 0 unspecified atom stereocenters. The summed E-state index contributed by atoms with van der Waals surface area (Å²) in [5.74, 6) is -2.22. The Kier molecular flexibility index (Phi) is 4.84. The molecule has 0 amide bonds. The van der Waals surface area contributed by atoms with Crippen molar-refractivity contribution in [2.24, 2.45) is 0 Å². The van der Waals surface area contributed by atoms with Crippen molar-refractivity contribution in [3.63, 3.8) is 0 Å². The van der Waals surface area contributed by atoms with E-state index in [1.807, 2.05) is 30.3 Å². The van der Waals surface area contributed by atoms with Crippen molar-refractivity contribution in [2.75, 3.05) is 0 Å². The summed E-state index contributed by atoms with van der Waals surface area (Å²) >= 11 is 0. The maximum Gasteiger partial charge on any atom is 0.326 e. The molecule has 0 saturated heterocycles. The van der Waals surface area contributed by atoms with Crippen LogP contribution < -0.4 is 0 Å². The van der Waals surface area contributed by atoms with Gasteiger partial charge in [0.05, 0.1) is 4.92 Å². The zero-order valence-electron chi connectivity index (χ0n) is 14.2. The van der Waals surface area contributed by atoms with Crippen molar-refractivity contribution < 1.29 is 24.5 Å². The molecule has 0 bridgehead atoms. The second kappa shape index (κ2) is 7.24. The summed E-state index contributed by atoms with van der Waals surface area (Å²) in [6, 6.07) is 10.2. The first-order valence-corrected chi connectivity index (χ1v) is 7.99. The molecular formula is C18H15N3O6. The van der Waals surface area contributed by atoms with E-state index in [0.29, 0.717) is 6.42 Å². The molecule has 138 valence electrons. The lowest BCUT2D eigenvalue weighted by molar-refractivity contribution is -0.386. The summed E-state index contributed by atoms with van der Waals surface area (Å²) in [4.78, 5) is 27.4. The Morgan fingerprint density at radius 1 is 1.26 bits per heavy atom. The standard InChI is InChI=1S/C18H15N3O6/c1-10-19-18(20-27-10)12-9-14(23)17(24)16(21(25)26)15(12)13(22)8-7-11-5-3-2-4-6-11/h2-6,9,23-24H,7-8H2,1H3. The molecule has 27 heavy (non-hydrogen) atoms. The zero-order chi connectivity index (χ0) is 19.6. The van der Waals surface area contributed by atoms with E-state index in [-0.39, 0.29) is 29.3 Å². The van der Waals surface area contributed by atoms with Gasteiger partial charge in [0, 0.05) is 18.9 Å². The molecule has 0 radical (unpaired) electrons. The number of nitro groups is 1. The molecule has 0 atom stereocenters.